The van der Waals surface area contributed by atoms with Crippen LogP contribution in [0.15, 0.2) is 6.58 Å². The Labute approximate surface area is 107 Å². The summed E-state index contributed by atoms with van der Waals surface area (Å²) >= 11 is 0. The van der Waals surface area contributed by atoms with Gasteiger partial charge >= 0.3 is 35.6 Å². The van der Waals surface area contributed by atoms with Crippen LogP contribution < -0.4 is 0 Å². The van der Waals surface area contributed by atoms with E-state index in [1.165, 1.54) is 6.42 Å². The van der Waals surface area contributed by atoms with Crippen molar-refractivity contribution in [3.63, 3.8) is 0 Å². The molecule has 0 aromatic rings. The van der Waals surface area contributed by atoms with Crippen molar-refractivity contribution in [3.05, 3.63) is 26.0 Å². The van der Waals surface area contributed by atoms with Crippen molar-refractivity contribution in [3.8, 4) is 0 Å². The zero-order valence-corrected chi connectivity index (χ0v) is 12.4. The Balaban J connectivity index is -0.000000142. The number of hydrogen-bond acceptors (Lipinski definition) is 0. The Morgan fingerprint density at radius 3 is 2.08 bits per heavy atom. The quantitative estimate of drug-likeness (QED) is 0.690. The Morgan fingerprint density at radius 1 is 1.58 bits per heavy atom. The maximum atomic E-state index is 3.75. The molecule has 0 heterocycles. The van der Waals surface area contributed by atoms with Gasteiger partial charge < -0.3 is 19.4 Å². The molecular formula is C11H21La. The van der Waals surface area contributed by atoms with Gasteiger partial charge in [0.25, 0.3) is 0 Å². The Hall–Kier alpha value is 0.935. The standard InChI is InChI=1S/C7H14.C4H7.La/c1-4-6-7(3)5-2;1-3-4-2;/h5,7H,1,4,6H2,2-3H3;1,4H2,2H3;/q-2;-1;+3. The zero-order chi connectivity index (χ0) is 9.11. The maximum Gasteiger partial charge on any atom is 3.00 e. The van der Waals surface area contributed by atoms with Crippen LogP contribution >= 0.6 is 0 Å². The fraction of sp³-hybridized carbons (Fsp3) is 0.636. The van der Waals surface area contributed by atoms with Gasteiger partial charge in [-0.2, -0.15) is 25.7 Å². The predicted octanol–water partition coefficient (Wildman–Crippen LogP) is 3.85. The van der Waals surface area contributed by atoms with Gasteiger partial charge in [-0.1, -0.05) is 13.8 Å². The van der Waals surface area contributed by atoms with Crippen molar-refractivity contribution in [2.45, 2.75) is 40.0 Å². The van der Waals surface area contributed by atoms with Crippen LogP contribution in [0.4, 0.5) is 0 Å². The molecule has 68 valence electrons. The minimum absolute atomic E-state index is 0. The van der Waals surface area contributed by atoms with Crippen molar-refractivity contribution < 1.29 is 35.6 Å². The summed E-state index contributed by atoms with van der Waals surface area (Å²) < 4.78 is 0. The third-order valence-corrected chi connectivity index (χ3v) is 1.48. The van der Waals surface area contributed by atoms with Crippen molar-refractivity contribution in [2.24, 2.45) is 5.92 Å². The normalized spacial score (nSPS) is 10.3. The predicted molar refractivity (Wildman–Crippen MR) is 52.9 cm³/mol. The SMILES string of the molecule is C=[C-]CC.[CH2-]CCC(C)[CH-]C.[La+3]. The number of allylic oxidation sites excluding steroid dienone is 1. The monoisotopic (exact) mass is 292 g/mol. The molecule has 1 unspecified atom stereocenters. The second-order valence-electron chi connectivity index (χ2n) is 2.56. The molecule has 0 aromatic carbocycles. The number of rotatable bonds is 4. The van der Waals surface area contributed by atoms with E-state index in [0.29, 0.717) is 0 Å². The smallest absolute Gasteiger partial charge is 0.504 e. The molecule has 0 rings (SSSR count). The molecular weight excluding hydrogens is 271 g/mol. The van der Waals surface area contributed by atoms with Crippen LogP contribution in [0.5, 0.6) is 0 Å². The minimum atomic E-state index is 0. The van der Waals surface area contributed by atoms with Crippen molar-refractivity contribution >= 4 is 0 Å². The van der Waals surface area contributed by atoms with Crippen LogP contribution in [0, 0.1) is 60.9 Å². The fourth-order valence-electron chi connectivity index (χ4n) is 0.489. The van der Waals surface area contributed by atoms with E-state index in [9.17, 15) is 0 Å². The van der Waals surface area contributed by atoms with E-state index in [1.807, 2.05) is 6.92 Å². The van der Waals surface area contributed by atoms with Crippen molar-refractivity contribution in [1.82, 2.24) is 0 Å². The molecule has 0 aromatic heterocycles. The number of hydrogen-bond donors (Lipinski definition) is 0. The summed E-state index contributed by atoms with van der Waals surface area (Å²) in [5.41, 5.74) is 0. The first-order valence-electron chi connectivity index (χ1n) is 4.31. The molecule has 0 amide bonds. The van der Waals surface area contributed by atoms with Crippen LogP contribution in [-0.2, 0) is 0 Å². The Morgan fingerprint density at radius 2 is 2.00 bits per heavy atom. The van der Waals surface area contributed by atoms with E-state index in [0.717, 1.165) is 18.8 Å². The van der Waals surface area contributed by atoms with Gasteiger partial charge in [-0.15, -0.1) is 6.42 Å². The third-order valence-electron chi connectivity index (χ3n) is 1.48. The first-order valence-corrected chi connectivity index (χ1v) is 4.31. The summed E-state index contributed by atoms with van der Waals surface area (Å²) in [5.74, 6) is 0.762. The van der Waals surface area contributed by atoms with Gasteiger partial charge in [-0.25, -0.2) is 0 Å². The van der Waals surface area contributed by atoms with Crippen LogP contribution in [0.3, 0.4) is 0 Å². The summed E-state index contributed by atoms with van der Waals surface area (Å²) in [7, 11) is 0. The minimum Gasteiger partial charge on any atom is -0.504 e. The van der Waals surface area contributed by atoms with E-state index in [4.69, 9.17) is 0 Å². The van der Waals surface area contributed by atoms with E-state index in [1.54, 1.807) is 0 Å². The summed E-state index contributed by atoms with van der Waals surface area (Å²) in [6.45, 7) is 13.4. The summed E-state index contributed by atoms with van der Waals surface area (Å²) in [5, 5.41) is 0. The molecule has 0 bridgehead atoms. The van der Waals surface area contributed by atoms with Crippen LogP contribution in [0.2, 0.25) is 0 Å². The van der Waals surface area contributed by atoms with Gasteiger partial charge in [0.1, 0.15) is 0 Å². The molecule has 0 nitrogen and oxygen atoms in total. The van der Waals surface area contributed by atoms with E-state index >= 15 is 0 Å². The van der Waals surface area contributed by atoms with Gasteiger partial charge in [-0.3, -0.25) is 6.58 Å². The van der Waals surface area contributed by atoms with E-state index in [-0.39, 0.29) is 35.6 Å². The third kappa shape index (κ3) is 22.4. The average Bonchev–Trinajstić information content (AvgIpc) is 2.05. The molecule has 1 atom stereocenters. The van der Waals surface area contributed by atoms with Gasteiger partial charge in [-0.05, 0) is 0 Å². The summed E-state index contributed by atoms with van der Waals surface area (Å²) in [6, 6.07) is 0. The van der Waals surface area contributed by atoms with E-state index < -0.39 is 0 Å². The first kappa shape index (κ1) is 18.7. The molecule has 0 radical (unpaired) electrons. The fourth-order valence-corrected chi connectivity index (χ4v) is 0.489. The second-order valence-corrected chi connectivity index (χ2v) is 2.56. The van der Waals surface area contributed by atoms with Crippen molar-refractivity contribution in [1.29, 1.82) is 0 Å². The molecule has 0 spiro atoms. The molecule has 0 aliphatic heterocycles. The van der Waals surface area contributed by atoms with E-state index in [2.05, 4.69) is 39.8 Å². The van der Waals surface area contributed by atoms with Gasteiger partial charge in [0.2, 0.25) is 0 Å². The van der Waals surface area contributed by atoms with Gasteiger partial charge in [0.05, 0.1) is 0 Å². The zero-order valence-electron chi connectivity index (χ0n) is 8.77. The Bertz CT molecular complexity index is 69.4. The van der Waals surface area contributed by atoms with Crippen LogP contribution in [-0.4, -0.2) is 0 Å². The van der Waals surface area contributed by atoms with Gasteiger partial charge in [0.15, 0.2) is 0 Å². The molecule has 1 heteroatoms. The van der Waals surface area contributed by atoms with Crippen LogP contribution in [0.1, 0.15) is 40.0 Å². The second kappa shape index (κ2) is 17.9. The topological polar surface area (TPSA) is 0 Å². The first-order chi connectivity index (χ1) is 5.22. The van der Waals surface area contributed by atoms with Gasteiger partial charge in [0, 0.05) is 0 Å². The Kier molecular flexibility index (Phi) is 27.8. The molecule has 0 saturated heterocycles. The molecule has 12 heavy (non-hydrogen) atoms. The maximum absolute atomic E-state index is 3.75. The molecule has 0 N–H and O–H groups in total. The summed E-state index contributed by atoms with van der Waals surface area (Å²) in [4.78, 5) is 0. The molecule has 0 aliphatic rings. The van der Waals surface area contributed by atoms with Crippen molar-refractivity contribution in [2.75, 3.05) is 0 Å². The van der Waals surface area contributed by atoms with Crippen LogP contribution in [0.25, 0.3) is 0 Å². The molecule has 0 fully saturated rings. The average molecular weight is 292 g/mol. The summed E-state index contributed by atoms with van der Waals surface area (Å²) in [6.07, 6.45) is 8.15. The molecule has 0 aliphatic carbocycles. The largest absolute Gasteiger partial charge is 3.00 e. The molecule has 0 saturated carbocycles.